The van der Waals surface area contributed by atoms with Crippen LogP contribution in [0.2, 0.25) is 5.02 Å². The van der Waals surface area contributed by atoms with Crippen LogP contribution in [0.1, 0.15) is 42.4 Å². The van der Waals surface area contributed by atoms with Gasteiger partial charge in [-0.25, -0.2) is 12.7 Å². The first-order valence-electron chi connectivity index (χ1n) is 16.0. The normalized spacial score (nSPS) is 21.4. The third kappa shape index (κ3) is 5.48. The number of halogens is 1. The molecule has 0 N–H and O–H groups in total. The van der Waals surface area contributed by atoms with E-state index < -0.39 is 27.5 Å². The van der Waals surface area contributed by atoms with Gasteiger partial charge in [0.1, 0.15) is 22.1 Å². The third-order valence-corrected chi connectivity index (χ3v) is 11.6. The molecule has 48 heavy (non-hydrogen) atoms. The molecule has 0 unspecified atom stereocenters. The zero-order valence-corrected chi connectivity index (χ0v) is 29.4. The number of anilines is 1. The van der Waals surface area contributed by atoms with Gasteiger partial charge in [-0.1, -0.05) is 23.7 Å². The van der Waals surface area contributed by atoms with Crippen molar-refractivity contribution in [3.8, 4) is 17.2 Å². The molecule has 256 valence electrons. The van der Waals surface area contributed by atoms with Gasteiger partial charge < -0.3 is 19.1 Å². The highest BCUT2D eigenvalue weighted by atomic mass is 35.5. The number of hydrogen-bond donors (Lipinski definition) is 0. The third-order valence-electron chi connectivity index (χ3n) is 9.62. The molecular formula is C35H41ClN4O7S. The lowest BCUT2D eigenvalue weighted by Crippen LogP contribution is -2.59. The van der Waals surface area contributed by atoms with Gasteiger partial charge in [0.05, 0.1) is 33.1 Å². The van der Waals surface area contributed by atoms with Crippen molar-refractivity contribution in [3.63, 3.8) is 0 Å². The molecule has 0 radical (unpaired) electrons. The summed E-state index contributed by atoms with van der Waals surface area (Å²) in [5.41, 5.74) is 0.131. The van der Waals surface area contributed by atoms with E-state index in [4.69, 9.17) is 25.8 Å². The maximum Gasteiger partial charge on any atom is 0.274 e. The summed E-state index contributed by atoms with van der Waals surface area (Å²) in [5.74, 6) is -0.135. The molecular weight excluding hydrogens is 656 g/mol. The number of amides is 2. The molecule has 3 aromatic rings. The lowest BCUT2D eigenvalue weighted by molar-refractivity contribution is -0.138. The standard InChI is InChI=1S/C35H41ClN4O7S/c1-37(2)33(41)29-9-8-18-39(29)35(26-13-10-23(19-30(26)46-4)22-38-16-6-7-17-38)27-20-24(36)11-14-28(27)40(34(35)42)48(43,44)32-15-12-25(45-3)21-31(32)47-5/h10-15,19-21,29H,6-9,16-18,22H2,1-5H3/t29-,35-/m0/s1. The Morgan fingerprint density at radius 2 is 1.62 bits per heavy atom. The fourth-order valence-corrected chi connectivity index (χ4v) is 9.19. The number of nitrogens with zero attached hydrogens (tertiary/aromatic N) is 4. The molecule has 0 saturated carbocycles. The SMILES string of the molecule is COc1ccc(S(=O)(=O)N2C(=O)[C@@](c3ccc(CN4CCCC4)cc3OC)(N3CCC[C@H]3C(=O)N(C)C)c3cc(Cl)ccc32)c(OC)c1. The maximum atomic E-state index is 15.5. The highest BCUT2D eigenvalue weighted by Crippen LogP contribution is 2.55. The predicted molar refractivity (Wildman–Crippen MR) is 182 cm³/mol. The van der Waals surface area contributed by atoms with Gasteiger partial charge in [0.2, 0.25) is 5.91 Å². The second-order valence-electron chi connectivity index (χ2n) is 12.6. The Kier molecular flexibility index (Phi) is 9.38. The largest absolute Gasteiger partial charge is 0.497 e. The van der Waals surface area contributed by atoms with Crippen LogP contribution in [0.15, 0.2) is 59.5 Å². The molecule has 0 bridgehead atoms. The molecule has 0 aromatic heterocycles. The fraction of sp³-hybridized carbons (Fsp3) is 0.429. The molecule has 0 aliphatic carbocycles. The van der Waals surface area contributed by atoms with Crippen molar-refractivity contribution in [3.05, 3.63) is 76.3 Å². The first-order chi connectivity index (χ1) is 23.0. The van der Waals surface area contributed by atoms with Gasteiger partial charge >= 0.3 is 0 Å². The van der Waals surface area contributed by atoms with Crippen LogP contribution < -0.4 is 18.5 Å². The molecule has 2 amide bonds. The van der Waals surface area contributed by atoms with Crippen LogP contribution in [0.3, 0.4) is 0 Å². The molecule has 2 fully saturated rings. The Bertz CT molecular complexity index is 1850. The number of carbonyl (C=O) groups excluding carboxylic acids is 2. The van der Waals surface area contributed by atoms with Crippen LogP contribution in [0, 0.1) is 0 Å². The van der Waals surface area contributed by atoms with E-state index in [0.29, 0.717) is 53.6 Å². The fourth-order valence-electron chi connectivity index (χ4n) is 7.42. The van der Waals surface area contributed by atoms with Crippen LogP contribution in [-0.2, 0) is 31.7 Å². The average Bonchev–Trinajstić information content (AvgIpc) is 3.83. The maximum absolute atomic E-state index is 15.5. The number of benzene rings is 3. The van der Waals surface area contributed by atoms with Crippen LogP contribution in [0.5, 0.6) is 17.2 Å². The van der Waals surface area contributed by atoms with E-state index in [1.54, 1.807) is 26.2 Å². The molecule has 0 spiro atoms. The summed E-state index contributed by atoms with van der Waals surface area (Å²) < 4.78 is 47.1. The lowest BCUT2D eigenvalue weighted by atomic mass is 9.80. The molecule has 11 nitrogen and oxygen atoms in total. The van der Waals surface area contributed by atoms with Crippen LogP contribution >= 0.6 is 11.6 Å². The minimum atomic E-state index is -4.60. The molecule has 3 aromatic carbocycles. The van der Waals surface area contributed by atoms with Gasteiger partial charge in [0.25, 0.3) is 15.9 Å². The van der Waals surface area contributed by atoms with Crippen LogP contribution in [-0.4, -0.2) is 96.0 Å². The molecule has 2 saturated heterocycles. The van der Waals surface area contributed by atoms with Gasteiger partial charge in [-0.05, 0) is 80.7 Å². The summed E-state index contributed by atoms with van der Waals surface area (Å²) in [5, 5.41) is 0.312. The number of methoxy groups -OCH3 is 3. The summed E-state index contributed by atoms with van der Waals surface area (Å²) in [6, 6.07) is 14.0. The summed E-state index contributed by atoms with van der Waals surface area (Å²) in [7, 11) is 3.11. The van der Waals surface area contributed by atoms with E-state index in [2.05, 4.69) is 4.90 Å². The number of sulfonamides is 1. The molecule has 3 aliphatic rings. The van der Waals surface area contributed by atoms with Crippen molar-refractivity contribution in [1.82, 2.24) is 14.7 Å². The zero-order chi connectivity index (χ0) is 34.4. The smallest absolute Gasteiger partial charge is 0.274 e. The van der Waals surface area contributed by atoms with Crippen LogP contribution in [0.4, 0.5) is 5.69 Å². The lowest BCUT2D eigenvalue weighted by Gasteiger charge is -2.42. The van der Waals surface area contributed by atoms with Gasteiger partial charge in [0.15, 0.2) is 5.54 Å². The van der Waals surface area contributed by atoms with Gasteiger partial charge in [-0.3, -0.25) is 19.4 Å². The van der Waals surface area contributed by atoms with Crippen molar-refractivity contribution in [2.24, 2.45) is 0 Å². The minimum Gasteiger partial charge on any atom is -0.497 e. The average molecular weight is 697 g/mol. The summed E-state index contributed by atoms with van der Waals surface area (Å²) >= 11 is 6.65. The van der Waals surface area contributed by atoms with E-state index in [-0.39, 0.29) is 22.2 Å². The highest BCUT2D eigenvalue weighted by Gasteiger charge is 2.63. The number of fused-ring (bicyclic) bond motifs is 1. The predicted octanol–water partition coefficient (Wildman–Crippen LogP) is 4.49. The van der Waals surface area contributed by atoms with E-state index in [1.165, 1.54) is 50.5 Å². The Labute approximate surface area is 286 Å². The molecule has 2 atom stereocenters. The summed E-state index contributed by atoms with van der Waals surface area (Å²) in [6.45, 7) is 3.06. The van der Waals surface area contributed by atoms with Crippen molar-refractivity contribution >= 4 is 39.1 Å². The van der Waals surface area contributed by atoms with Crippen molar-refractivity contribution in [2.45, 2.75) is 48.7 Å². The van der Waals surface area contributed by atoms with Crippen molar-refractivity contribution in [2.75, 3.05) is 59.4 Å². The van der Waals surface area contributed by atoms with E-state index in [0.717, 1.165) is 35.8 Å². The minimum absolute atomic E-state index is 0.0147. The first-order valence-corrected chi connectivity index (χ1v) is 17.8. The van der Waals surface area contributed by atoms with Crippen LogP contribution in [0.25, 0.3) is 0 Å². The molecule has 6 rings (SSSR count). The monoisotopic (exact) mass is 696 g/mol. The summed E-state index contributed by atoms with van der Waals surface area (Å²) in [6.07, 6.45) is 3.38. The number of ether oxygens (including phenoxy) is 3. The van der Waals surface area contributed by atoms with E-state index in [1.807, 2.05) is 23.1 Å². The number of likely N-dealkylation sites (N-methyl/N-ethyl adjacent to an activating group) is 1. The summed E-state index contributed by atoms with van der Waals surface area (Å²) in [4.78, 5) is 34.8. The quantitative estimate of drug-likeness (QED) is 0.303. The molecule has 13 heteroatoms. The molecule has 3 heterocycles. The zero-order valence-electron chi connectivity index (χ0n) is 27.9. The number of rotatable bonds is 10. The van der Waals surface area contributed by atoms with E-state index in [9.17, 15) is 13.2 Å². The topological polar surface area (TPSA) is 109 Å². The van der Waals surface area contributed by atoms with Gasteiger partial charge in [0, 0.05) is 49.4 Å². The second kappa shape index (κ2) is 13.2. The van der Waals surface area contributed by atoms with Gasteiger partial charge in [-0.2, -0.15) is 0 Å². The number of likely N-dealkylation sites (tertiary alicyclic amines) is 2. The Morgan fingerprint density at radius 1 is 0.896 bits per heavy atom. The number of hydrogen-bond acceptors (Lipinski definition) is 9. The first kappa shape index (κ1) is 34.0. The van der Waals surface area contributed by atoms with E-state index >= 15 is 4.79 Å². The van der Waals surface area contributed by atoms with Crippen molar-refractivity contribution < 1.29 is 32.2 Å². The Balaban J connectivity index is 1.62. The Morgan fingerprint density at radius 3 is 2.29 bits per heavy atom. The van der Waals surface area contributed by atoms with Crippen molar-refractivity contribution in [1.29, 1.82) is 0 Å². The van der Waals surface area contributed by atoms with Gasteiger partial charge in [-0.15, -0.1) is 0 Å². The highest BCUT2D eigenvalue weighted by molar-refractivity contribution is 7.93. The Hall–Kier alpha value is -3.84. The second-order valence-corrected chi connectivity index (χ2v) is 14.8. The molecule has 3 aliphatic heterocycles. The number of carbonyl (C=O) groups is 2.